The Labute approximate surface area is 349 Å². The molecule has 9 nitrogen and oxygen atoms in total. The molecule has 0 saturated heterocycles. The molecule has 332 valence electrons. The third kappa shape index (κ3) is 44.9. The van der Waals surface area contributed by atoms with Gasteiger partial charge in [0.05, 0.1) is 13.2 Å². The fourth-order valence-electron chi connectivity index (χ4n) is 6.26. The number of carbonyl (C=O) groups excluding carboxylic acids is 2. The Morgan fingerprint density at radius 2 is 0.965 bits per heavy atom. The molecule has 0 bridgehead atoms. The topological polar surface area (TPSA) is 131 Å². The van der Waals surface area contributed by atoms with Crippen LogP contribution in [0.1, 0.15) is 206 Å². The summed E-state index contributed by atoms with van der Waals surface area (Å²) >= 11 is 0. The number of unbranched alkanes of at least 4 members (excludes halogenated alkanes) is 22. The number of amides is 1. The SMILES string of the molecule is CCCCC/C=C\C/C=C\C/C=C\C/C=C\CCCC(=O)NCCOP(=O)(O)OCC(O)COC(=O)CCCCCCCCCCCCCCCCCCCCC. The second-order valence-electron chi connectivity index (χ2n) is 15.4. The zero-order chi connectivity index (χ0) is 41.8. The van der Waals surface area contributed by atoms with Gasteiger partial charge in [-0.15, -0.1) is 0 Å². The first-order chi connectivity index (χ1) is 27.8. The van der Waals surface area contributed by atoms with Crippen molar-refractivity contribution in [2.75, 3.05) is 26.4 Å². The highest BCUT2D eigenvalue weighted by Gasteiger charge is 2.23. The normalized spacial score (nSPS) is 13.7. The zero-order valence-electron chi connectivity index (χ0n) is 36.5. The molecular weight excluding hydrogens is 737 g/mol. The van der Waals surface area contributed by atoms with Crippen LogP contribution in [0, 0.1) is 0 Å². The highest BCUT2D eigenvalue weighted by atomic mass is 31.2. The van der Waals surface area contributed by atoms with E-state index < -0.39 is 26.5 Å². The lowest BCUT2D eigenvalue weighted by atomic mass is 10.0. The number of ether oxygens (including phenoxy) is 1. The Balaban J connectivity index is 3.63. The van der Waals surface area contributed by atoms with Crippen LogP contribution in [-0.2, 0) is 27.9 Å². The first kappa shape index (κ1) is 55.0. The molecule has 0 heterocycles. The lowest BCUT2D eigenvalue weighted by molar-refractivity contribution is -0.147. The number of carbonyl (C=O) groups is 2. The van der Waals surface area contributed by atoms with Crippen LogP contribution in [0.3, 0.4) is 0 Å². The molecule has 0 aromatic heterocycles. The molecule has 0 fully saturated rings. The number of rotatable bonds is 43. The van der Waals surface area contributed by atoms with E-state index in [1.54, 1.807) is 0 Å². The summed E-state index contributed by atoms with van der Waals surface area (Å²) in [6.07, 6.45) is 50.5. The molecule has 1 amide bonds. The third-order valence-corrected chi connectivity index (χ3v) is 10.7. The molecule has 0 aliphatic heterocycles. The Hall–Kier alpha value is -2.03. The van der Waals surface area contributed by atoms with E-state index in [1.165, 1.54) is 128 Å². The van der Waals surface area contributed by atoms with Gasteiger partial charge in [-0.05, 0) is 51.4 Å². The van der Waals surface area contributed by atoms with Gasteiger partial charge in [-0.25, -0.2) is 4.57 Å². The minimum absolute atomic E-state index is 0.0523. The van der Waals surface area contributed by atoms with E-state index in [1.807, 2.05) is 0 Å². The van der Waals surface area contributed by atoms with Crippen LogP contribution in [-0.4, -0.2) is 54.3 Å². The van der Waals surface area contributed by atoms with Crippen molar-refractivity contribution in [3.8, 4) is 0 Å². The largest absolute Gasteiger partial charge is 0.472 e. The number of hydrogen-bond acceptors (Lipinski definition) is 7. The van der Waals surface area contributed by atoms with Crippen molar-refractivity contribution in [3.05, 3.63) is 48.6 Å². The van der Waals surface area contributed by atoms with Crippen molar-refractivity contribution in [1.82, 2.24) is 5.32 Å². The lowest BCUT2D eigenvalue weighted by Gasteiger charge is -2.15. The smallest absolute Gasteiger partial charge is 0.463 e. The molecule has 0 radical (unpaired) electrons. The maximum Gasteiger partial charge on any atom is 0.472 e. The Kier molecular flexibility index (Phi) is 42.0. The lowest BCUT2D eigenvalue weighted by Crippen LogP contribution is -2.27. The van der Waals surface area contributed by atoms with Gasteiger partial charge in [0.1, 0.15) is 12.7 Å². The van der Waals surface area contributed by atoms with E-state index in [9.17, 15) is 24.2 Å². The van der Waals surface area contributed by atoms with Gasteiger partial charge >= 0.3 is 13.8 Å². The summed E-state index contributed by atoms with van der Waals surface area (Å²) in [5.74, 6) is -0.569. The number of hydrogen-bond donors (Lipinski definition) is 3. The number of aliphatic hydroxyl groups is 1. The van der Waals surface area contributed by atoms with Crippen molar-refractivity contribution >= 4 is 19.7 Å². The van der Waals surface area contributed by atoms with Gasteiger partial charge in [0.15, 0.2) is 0 Å². The standard InChI is InChI=1S/C47H86NO8P/c1-3-5-7-9-11-13-15-17-19-21-22-24-26-28-30-32-34-36-38-40-47(51)54-43-45(49)44-56-57(52,53)55-42-41-48-46(50)39-37-35-33-31-29-27-25-23-20-18-16-14-12-10-8-6-4-2/h12,14,18,20,25,27,31,33,45,49H,3-11,13,15-17,19,21-24,26,28-30,32,34-44H2,1-2H3,(H,48,50)(H,52,53)/b14-12-,20-18-,27-25-,33-31-. The average Bonchev–Trinajstić information content (AvgIpc) is 3.20. The summed E-state index contributed by atoms with van der Waals surface area (Å²) in [4.78, 5) is 33.9. The molecular formula is C47H86NO8P. The number of phosphoric ester groups is 1. The second kappa shape index (κ2) is 43.5. The van der Waals surface area contributed by atoms with Crippen molar-refractivity contribution in [1.29, 1.82) is 0 Å². The molecule has 3 N–H and O–H groups in total. The van der Waals surface area contributed by atoms with Crippen LogP contribution in [0.2, 0.25) is 0 Å². The zero-order valence-corrected chi connectivity index (χ0v) is 37.4. The van der Waals surface area contributed by atoms with Gasteiger partial charge in [-0.1, -0.05) is 191 Å². The van der Waals surface area contributed by atoms with Crippen molar-refractivity contribution < 1.29 is 37.9 Å². The van der Waals surface area contributed by atoms with Crippen LogP contribution in [0.25, 0.3) is 0 Å². The predicted octanol–water partition coefficient (Wildman–Crippen LogP) is 13.1. The molecule has 2 unspecified atom stereocenters. The molecule has 0 rings (SSSR count). The maximum absolute atomic E-state index is 12.1. The molecule has 0 aromatic rings. The predicted molar refractivity (Wildman–Crippen MR) is 238 cm³/mol. The first-order valence-electron chi connectivity index (χ1n) is 23.1. The van der Waals surface area contributed by atoms with E-state index in [0.717, 1.165) is 44.9 Å². The molecule has 0 aliphatic carbocycles. The monoisotopic (exact) mass is 824 g/mol. The van der Waals surface area contributed by atoms with Crippen LogP contribution < -0.4 is 5.32 Å². The summed E-state index contributed by atoms with van der Waals surface area (Å²) < 4.78 is 26.9. The summed E-state index contributed by atoms with van der Waals surface area (Å²) in [5.41, 5.74) is 0. The van der Waals surface area contributed by atoms with Crippen LogP contribution in [0.15, 0.2) is 48.6 Å². The average molecular weight is 824 g/mol. The summed E-state index contributed by atoms with van der Waals surface area (Å²) in [6, 6.07) is 0. The van der Waals surface area contributed by atoms with Gasteiger partial charge in [-0.3, -0.25) is 18.6 Å². The second-order valence-corrected chi connectivity index (χ2v) is 16.8. The minimum Gasteiger partial charge on any atom is -0.463 e. The van der Waals surface area contributed by atoms with Crippen LogP contribution in [0.5, 0.6) is 0 Å². The number of aliphatic hydroxyl groups excluding tert-OH is 1. The highest BCUT2D eigenvalue weighted by molar-refractivity contribution is 7.47. The van der Waals surface area contributed by atoms with E-state index in [2.05, 4.69) is 67.8 Å². The number of nitrogens with one attached hydrogen (secondary N) is 1. The molecule has 57 heavy (non-hydrogen) atoms. The van der Waals surface area contributed by atoms with Crippen molar-refractivity contribution in [2.45, 2.75) is 213 Å². The highest BCUT2D eigenvalue weighted by Crippen LogP contribution is 2.42. The van der Waals surface area contributed by atoms with Gasteiger partial charge in [-0.2, -0.15) is 0 Å². The third-order valence-electron chi connectivity index (χ3n) is 9.76. The molecule has 2 atom stereocenters. The molecule has 0 aromatic carbocycles. The first-order valence-corrected chi connectivity index (χ1v) is 24.6. The molecule has 0 saturated carbocycles. The summed E-state index contributed by atoms with van der Waals surface area (Å²) in [7, 11) is -4.43. The summed E-state index contributed by atoms with van der Waals surface area (Å²) in [5, 5.41) is 12.7. The quantitative estimate of drug-likeness (QED) is 0.0240. The number of phosphoric acid groups is 1. The molecule has 0 spiro atoms. The maximum atomic E-state index is 12.1. The fraction of sp³-hybridized carbons (Fsp3) is 0.787. The summed E-state index contributed by atoms with van der Waals surface area (Å²) in [6.45, 7) is 3.48. The van der Waals surface area contributed by atoms with Crippen LogP contribution >= 0.6 is 7.82 Å². The Bertz CT molecular complexity index is 1080. The van der Waals surface area contributed by atoms with Gasteiger partial charge < -0.3 is 20.1 Å². The van der Waals surface area contributed by atoms with Crippen molar-refractivity contribution in [3.63, 3.8) is 0 Å². The van der Waals surface area contributed by atoms with E-state index >= 15 is 0 Å². The van der Waals surface area contributed by atoms with Crippen molar-refractivity contribution in [2.24, 2.45) is 0 Å². The van der Waals surface area contributed by atoms with E-state index in [-0.39, 0.29) is 32.1 Å². The van der Waals surface area contributed by atoms with Crippen LogP contribution in [0.4, 0.5) is 0 Å². The number of allylic oxidation sites excluding steroid dienone is 8. The van der Waals surface area contributed by atoms with E-state index in [4.69, 9.17) is 13.8 Å². The van der Waals surface area contributed by atoms with Gasteiger partial charge in [0.25, 0.3) is 0 Å². The minimum atomic E-state index is -4.43. The molecule has 10 heteroatoms. The van der Waals surface area contributed by atoms with Gasteiger partial charge in [0.2, 0.25) is 5.91 Å². The Morgan fingerprint density at radius 3 is 1.46 bits per heavy atom. The molecule has 0 aliphatic rings. The van der Waals surface area contributed by atoms with Gasteiger partial charge in [0, 0.05) is 19.4 Å². The fourth-order valence-corrected chi connectivity index (χ4v) is 7.01. The van der Waals surface area contributed by atoms with E-state index in [0.29, 0.717) is 12.8 Å². The Morgan fingerprint density at radius 1 is 0.544 bits per heavy atom. The number of esters is 1.